The van der Waals surface area contributed by atoms with Crippen LogP contribution in [0.3, 0.4) is 0 Å². The fourth-order valence-electron chi connectivity index (χ4n) is 3.75. The molecule has 0 aromatic heterocycles. The zero-order chi connectivity index (χ0) is 21.2. The molecule has 0 spiro atoms. The van der Waals surface area contributed by atoms with E-state index in [4.69, 9.17) is 0 Å². The first kappa shape index (κ1) is 23.5. The molecule has 0 aromatic carbocycles. The Morgan fingerprint density at radius 2 is 0.655 bits per heavy atom. The lowest BCUT2D eigenvalue weighted by molar-refractivity contribution is -0.140. The second-order valence-corrected chi connectivity index (χ2v) is 7.69. The standard InChI is InChI=1S/C18H33N5O6/c24-16(25)13-21-7-5-19-1-2-20(4-3-19)6-8-22(14-17(26)27)10-12-23(11-9-21)15-18(28)29/h1-15H2,(H,24,25)(H,26,27)(H,28,29). The highest BCUT2D eigenvalue weighted by molar-refractivity contribution is 5.69. The van der Waals surface area contributed by atoms with Gasteiger partial charge in [-0.15, -0.1) is 0 Å². The second kappa shape index (κ2) is 12.0. The van der Waals surface area contributed by atoms with Gasteiger partial charge in [-0.3, -0.25) is 38.9 Å². The fraction of sp³-hybridized carbons (Fsp3) is 0.833. The summed E-state index contributed by atoms with van der Waals surface area (Å²) in [7, 11) is 0. The third kappa shape index (κ3) is 9.50. The van der Waals surface area contributed by atoms with Crippen molar-refractivity contribution in [3.05, 3.63) is 0 Å². The average Bonchev–Trinajstić information content (AvgIpc) is 2.65. The first-order valence-electron chi connectivity index (χ1n) is 10.1. The highest BCUT2D eigenvalue weighted by atomic mass is 16.4. The fourth-order valence-corrected chi connectivity index (χ4v) is 3.75. The lowest BCUT2D eigenvalue weighted by Gasteiger charge is -2.36. The first-order chi connectivity index (χ1) is 13.8. The molecule has 0 amide bonds. The quantitative estimate of drug-likeness (QED) is 0.408. The molecule has 29 heavy (non-hydrogen) atoms. The van der Waals surface area contributed by atoms with E-state index in [-0.39, 0.29) is 19.6 Å². The summed E-state index contributed by atoms with van der Waals surface area (Å²) in [5.41, 5.74) is 0. The predicted molar refractivity (Wildman–Crippen MR) is 105 cm³/mol. The molecular formula is C18H33N5O6. The molecule has 11 nitrogen and oxygen atoms in total. The van der Waals surface area contributed by atoms with Gasteiger partial charge in [0.2, 0.25) is 0 Å². The highest BCUT2D eigenvalue weighted by Gasteiger charge is 2.21. The summed E-state index contributed by atoms with van der Waals surface area (Å²) in [5.74, 6) is -2.75. The molecule has 2 bridgehead atoms. The van der Waals surface area contributed by atoms with Gasteiger partial charge >= 0.3 is 17.9 Å². The van der Waals surface area contributed by atoms with Crippen LogP contribution in [0.25, 0.3) is 0 Å². The molecule has 0 saturated carbocycles. The zero-order valence-corrected chi connectivity index (χ0v) is 16.9. The van der Waals surface area contributed by atoms with Crippen LogP contribution in [0.15, 0.2) is 0 Å². The minimum Gasteiger partial charge on any atom is -0.480 e. The molecule has 3 N–H and O–H groups in total. The lowest BCUT2D eigenvalue weighted by atomic mass is 10.3. The monoisotopic (exact) mass is 415 g/mol. The summed E-state index contributed by atoms with van der Waals surface area (Å²) >= 11 is 0. The Kier molecular flexibility index (Phi) is 9.74. The first-order valence-corrected chi connectivity index (χ1v) is 10.1. The van der Waals surface area contributed by atoms with Gasteiger partial charge in [-0.05, 0) is 0 Å². The van der Waals surface area contributed by atoms with Gasteiger partial charge in [-0.1, -0.05) is 0 Å². The van der Waals surface area contributed by atoms with E-state index in [1.165, 1.54) is 0 Å². The molecular weight excluding hydrogens is 382 g/mol. The van der Waals surface area contributed by atoms with Crippen LogP contribution >= 0.6 is 0 Å². The number of nitrogens with zero attached hydrogens (tertiary/aromatic N) is 5. The number of hydrogen-bond donors (Lipinski definition) is 3. The molecule has 3 rings (SSSR count). The lowest BCUT2D eigenvalue weighted by Crippen LogP contribution is -2.50. The van der Waals surface area contributed by atoms with Crippen molar-refractivity contribution < 1.29 is 29.7 Å². The van der Waals surface area contributed by atoms with Crippen molar-refractivity contribution in [3.8, 4) is 0 Å². The second-order valence-electron chi connectivity index (χ2n) is 7.69. The molecule has 0 atom stereocenters. The number of carboxylic acids is 3. The van der Waals surface area contributed by atoms with E-state index in [2.05, 4.69) is 9.80 Å². The van der Waals surface area contributed by atoms with Crippen LogP contribution in [0.1, 0.15) is 0 Å². The molecule has 11 heteroatoms. The van der Waals surface area contributed by atoms with Crippen molar-refractivity contribution >= 4 is 17.9 Å². The van der Waals surface area contributed by atoms with Crippen LogP contribution < -0.4 is 0 Å². The zero-order valence-electron chi connectivity index (χ0n) is 16.9. The summed E-state index contributed by atoms with van der Waals surface area (Å²) in [5, 5.41) is 27.6. The summed E-state index contributed by atoms with van der Waals surface area (Å²) in [6.07, 6.45) is 0. The van der Waals surface area contributed by atoms with Gasteiger partial charge in [0.25, 0.3) is 0 Å². The molecule has 3 fully saturated rings. The Hall–Kier alpha value is -1.79. The van der Waals surface area contributed by atoms with Gasteiger partial charge in [-0.25, -0.2) is 0 Å². The van der Waals surface area contributed by atoms with Gasteiger partial charge in [0.15, 0.2) is 0 Å². The summed E-state index contributed by atoms with van der Waals surface area (Å²) in [4.78, 5) is 43.7. The van der Waals surface area contributed by atoms with Gasteiger partial charge in [-0.2, -0.15) is 0 Å². The third-order valence-electron chi connectivity index (χ3n) is 5.47. The molecule has 3 heterocycles. The van der Waals surface area contributed by atoms with E-state index in [1.807, 2.05) is 9.80 Å². The van der Waals surface area contributed by atoms with Crippen LogP contribution in [-0.4, -0.2) is 156 Å². The molecule has 0 aliphatic carbocycles. The molecule has 3 aliphatic rings. The maximum atomic E-state index is 11.2. The van der Waals surface area contributed by atoms with Crippen LogP contribution in [0.5, 0.6) is 0 Å². The van der Waals surface area contributed by atoms with Crippen LogP contribution in [-0.2, 0) is 14.4 Å². The predicted octanol–water partition coefficient (Wildman–Crippen LogP) is -2.22. The smallest absolute Gasteiger partial charge is 0.317 e. The van der Waals surface area contributed by atoms with E-state index >= 15 is 0 Å². The molecule has 0 unspecified atom stereocenters. The number of rotatable bonds is 6. The topological polar surface area (TPSA) is 128 Å². The number of piperazine rings is 1. The minimum atomic E-state index is -0.951. The molecule has 166 valence electrons. The largest absolute Gasteiger partial charge is 0.480 e. The van der Waals surface area contributed by atoms with E-state index in [9.17, 15) is 29.7 Å². The summed E-state index contributed by atoms with van der Waals surface area (Å²) < 4.78 is 0. The van der Waals surface area contributed by atoms with E-state index < -0.39 is 17.9 Å². The maximum absolute atomic E-state index is 11.2. The van der Waals surface area contributed by atoms with Crippen molar-refractivity contribution in [1.82, 2.24) is 24.5 Å². The minimum absolute atomic E-state index is 0.0774. The van der Waals surface area contributed by atoms with E-state index in [0.717, 1.165) is 39.3 Å². The molecule has 3 saturated heterocycles. The number of fused-ring (bicyclic) bond motifs is 12. The molecule has 3 aliphatic heterocycles. The van der Waals surface area contributed by atoms with Crippen molar-refractivity contribution in [3.63, 3.8) is 0 Å². The number of aliphatic carboxylic acids is 3. The average molecular weight is 415 g/mol. The normalized spacial score (nSPS) is 26.5. The van der Waals surface area contributed by atoms with Gasteiger partial charge in [0, 0.05) is 78.5 Å². The Bertz CT molecular complexity index is 515. The SMILES string of the molecule is O=C(O)CN1CCN2CCN(CC2)CCN(CC(=O)O)CCN(CC(=O)O)CC1. The molecule has 0 aromatic rings. The number of carboxylic acid groups (broad SMARTS) is 3. The van der Waals surface area contributed by atoms with E-state index in [1.54, 1.807) is 4.90 Å². The summed E-state index contributed by atoms with van der Waals surface area (Å²) in [6.45, 7) is 7.90. The Morgan fingerprint density at radius 3 is 0.897 bits per heavy atom. The van der Waals surface area contributed by atoms with Gasteiger partial charge < -0.3 is 15.3 Å². The summed E-state index contributed by atoms with van der Waals surface area (Å²) in [6, 6.07) is 0. The Labute approximate surface area is 171 Å². The maximum Gasteiger partial charge on any atom is 0.317 e. The van der Waals surface area contributed by atoms with Gasteiger partial charge in [0.05, 0.1) is 19.6 Å². The van der Waals surface area contributed by atoms with Crippen molar-refractivity contribution in [1.29, 1.82) is 0 Å². The number of hydrogen-bond acceptors (Lipinski definition) is 8. The molecule has 0 radical (unpaired) electrons. The van der Waals surface area contributed by atoms with Crippen LogP contribution in [0.2, 0.25) is 0 Å². The van der Waals surface area contributed by atoms with E-state index in [0.29, 0.717) is 39.3 Å². The van der Waals surface area contributed by atoms with Crippen molar-refractivity contribution in [2.75, 3.05) is 98.2 Å². The van der Waals surface area contributed by atoms with Crippen LogP contribution in [0.4, 0.5) is 0 Å². The highest BCUT2D eigenvalue weighted by Crippen LogP contribution is 2.05. The third-order valence-corrected chi connectivity index (χ3v) is 5.47. The Balaban J connectivity index is 2.08. The van der Waals surface area contributed by atoms with Crippen LogP contribution in [0, 0.1) is 0 Å². The van der Waals surface area contributed by atoms with Crippen molar-refractivity contribution in [2.45, 2.75) is 0 Å². The Morgan fingerprint density at radius 1 is 0.448 bits per heavy atom. The van der Waals surface area contributed by atoms with Crippen molar-refractivity contribution in [2.24, 2.45) is 0 Å². The number of carbonyl (C=O) groups is 3. The van der Waals surface area contributed by atoms with Gasteiger partial charge in [0.1, 0.15) is 0 Å².